The molecule has 0 amide bonds. The highest BCUT2D eigenvalue weighted by Gasteiger charge is 2.34. The molecule has 2 N–H and O–H groups in total. The third kappa shape index (κ3) is 4.06. The van der Waals surface area contributed by atoms with Gasteiger partial charge in [0.1, 0.15) is 11.4 Å². The monoisotopic (exact) mass is 534 g/mol. The molecule has 0 bridgehead atoms. The summed E-state index contributed by atoms with van der Waals surface area (Å²) in [7, 11) is 11.1. The van der Waals surface area contributed by atoms with Gasteiger partial charge in [-0.05, 0) is 31.2 Å². The summed E-state index contributed by atoms with van der Waals surface area (Å²) in [4.78, 5) is 45.9. The number of nitrogens with zero attached hydrogens (tertiary/aromatic N) is 3. The Balaban J connectivity index is 2.10. The van der Waals surface area contributed by atoms with Crippen LogP contribution in [0.1, 0.15) is 26.4 Å². The summed E-state index contributed by atoms with van der Waals surface area (Å²) in [5.41, 5.74) is 8.24. The molecule has 0 radical (unpaired) electrons. The third-order valence-electron chi connectivity index (χ3n) is 6.71. The van der Waals surface area contributed by atoms with Crippen LogP contribution < -0.4 is 30.4 Å². The molecule has 1 aliphatic carbocycles. The van der Waals surface area contributed by atoms with E-state index in [1.54, 1.807) is 32.2 Å². The zero-order valence-corrected chi connectivity index (χ0v) is 23.1. The Morgan fingerprint density at radius 1 is 0.846 bits per heavy atom. The second kappa shape index (κ2) is 10.2. The predicted octanol–water partition coefficient (Wildman–Crippen LogP) is 2.71. The summed E-state index contributed by atoms with van der Waals surface area (Å²) in [6.45, 7) is 1.73. The maximum atomic E-state index is 13.6. The van der Waals surface area contributed by atoms with Crippen molar-refractivity contribution in [2.75, 3.05) is 47.4 Å². The highest BCUT2D eigenvalue weighted by molar-refractivity contribution is 6.25. The second-order valence-electron chi connectivity index (χ2n) is 9.04. The van der Waals surface area contributed by atoms with E-state index in [0.29, 0.717) is 51.0 Å². The molecular formula is C28H30N4O7. The van der Waals surface area contributed by atoms with Gasteiger partial charge < -0.3 is 34.1 Å². The molecule has 0 unspecified atom stereocenters. The van der Waals surface area contributed by atoms with E-state index in [-0.39, 0.29) is 28.3 Å². The Morgan fingerprint density at radius 2 is 1.49 bits per heavy atom. The molecule has 39 heavy (non-hydrogen) atoms. The number of rotatable bonds is 7. The van der Waals surface area contributed by atoms with E-state index < -0.39 is 11.6 Å². The topological polar surface area (TPSA) is 135 Å². The Morgan fingerprint density at radius 3 is 2.05 bits per heavy atom. The number of Topliss-reactive ketones (excluding diaryl/α,β-unsaturated/α-hetero) is 2. The third-order valence-corrected chi connectivity index (χ3v) is 6.71. The predicted molar refractivity (Wildman–Crippen MR) is 146 cm³/mol. The van der Waals surface area contributed by atoms with Gasteiger partial charge in [0.15, 0.2) is 17.3 Å². The van der Waals surface area contributed by atoms with Crippen molar-refractivity contribution in [1.82, 2.24) is 9.55 Å². The fourth-order valence-corrected chi connectivity index (χ4v) is 4.90. The van der Waals surface area contributed by atoms with Crippen LogP contribution in [0.25, 0.3) is 22.5 Å². The minimum Gasteiger partial charge on any atom is -0.493 e. The van der Waals surface area contributed by atoms with Crippen molar-refractivity contribution in [3.8, 4) is 39.8 Å². The lowest BCUT2D eigenvalue weighted by molar-refractivity contribution is 0.0902. The van der Waals surface area contributed by atoms with Gasteiger partial charge in [0.05, 0.1) is 51.1 Å². The maximum absolute atomic E-state index is 13.6. The fraction of sp³-hybridized carbons (Fsp3) is 0.286. The van der Waals surface area contributed by atoms with Crippen molar-refractivity contribution in [2.45, 2.75) is 6.92 Å². The lowest BCUT2D eigenvalue weighted by Gasteiger charge is -2.27. The molecule has 11 heteroatoms. The number of allylic oxidation sites excluding steroid dienone is 2. The molecule has 0 spiro atoms. The van der Waals surface area contributed by atoms with Gasteiger partial charge in [-0.1, -0.05) is 0 Å². The maximum Gasteiger partial charge on any atom is 0.254 e. The number of carbonyl (C=O) groups is 2. The van der Waals surface area contributed by atoms with Crippen molar-refractivity contribution in [2.24, 2.45) is 12.8 Å². The zero-order valence-electron chi connectivity index (χ0n) is 23.1. The molecule has 0 atom stereocenters. The standard InChI is InChI=1S/C28H30N4O7/c1-13-18(14-10-12-17(36-5)26(38-7)25(14)37-6)22(31(2)3)21(32(4)28(13)35)16-11-9-15-20(30-16)24(34)19(29)27(39-8)23(15)33/h9-12H,29H2,1-8H3. The zero-order chi connectivity index (χ0) is 28.8. The summed E-state index contributed by atoms with van der Waals surface area (Å²) < 4.78 is 23.3. The minimum absolute atomic E-state index is 0.0695. The van der Waals surface area contributed by atoms with Crippen molar-refractivity contribution < 1.29 is 28.5 Å². The SMILES string of the molecule is COC1=C(N)C(=O)c2nc(-c3c(N(C)C)c(-c4ccc(OC)c(OC)c4OC)c(C)c(=O)n3C)ccc2C1=O. The number of benzene rings is 1. The Hall–Kier alpha value is -4.80. The Labute approximate surface area is 225 Å². The number of nitrogens with two attached hydrogens (primary N) is 1. The van der Waals surface area contributed by atoms with Crippen molar-refractivity contribution in [1.29, 1.82) is 0 Å². The number of ether oxygens (including phenoxy) is 4. The molecule has 0 aliphatic heterocycles. The highest BCUT2D eigenvalue weighted by Crippen LogP contribution is 2.48. The first kappa shape index (κ1) is 27.2. The molecule has 11 nitrogen and oxygen atoms in total. The van der Waals surface area contributed by atoms with Crippen LogP contribution in [0.4, 0.5) is 5.69 Å². The van der Waals surface area contributed by atoms with Gasteiger partial charge in [-0.15, -0.1) is 0 Å². The van der Waals surface area contributed by atoms with Crippen LogP contribution in [-0.4, -0.2) is 63.7 Å². The molecule has 0 saturated carbocycles. The van der Waals surface area contributed by atoms with E-state index in [9.17, 15) is 14.4 Å². The number of ketones is 2. The minimum atomic E-state index is -0.631. The first-order valence-corrected chi connectivity index (χ1v) is 11.9. The number of aromatic nitrogens is 2. The molecule has 0 fully saturated rings. The van der Waals surface area contributed by atoms with Gasteiger partial charge >= 0.3 is 0 Å². The lowest BCUT2D eigenvalue weighted by atomic mass is 9.93. The largest absolute Gasteiger partial charge is 0.493 e. The smallest absolute Gasteiger partial charge is 0.254 e. The first-order valence-electron chi connectivity index (χ1n) is 11.9. The van der Waals surface area contributed by atoms with Crippen LogP contribution in [0.5, 0.6) is 17.2 Å². The fourth-order valence-electron chi connectivity index (χ4n) is 4.90. The number of methoxy groups -OCH3 is 4. The van der Waals surface area contributed by atoms with E-state index in [4.69, 9.17) is 24.7 Å². The van der Waals surface area contributed by atoms with Gasteiger partial charge in [0.25, 0.3) is 5.56 Å². The van der Waals surface area contributed by atoms with Crippen LogP contribution in [0.15, 0.2) is 40.5 Å². The van der Waals surface area contributed by atoms with Crippen molar-refractivity contribution in [3.63, 3.8) is 0 Å². The van der Waals surface area contributed by atoms with Crippen LogP contribution >= 0.6 is 0 Å². The molecule has 204 valence electrons. The highest BCUT2D eigenvalue weighted by atomic mass is 16.5. The number of anilines is 1. The first-order chi connectivity index (χ1) is 18.5. The molecule has 2 heterocycles. The lowest BCUT2D eigenvalue weighted by Crippen LogP contribution is -2.29. The Kier molecular flexibility index (Phi) is 7.10. The summed E-state index contributed by atoms with van der Waals surface area (Å²) in [6.07, 6.45) is 0. The molecule has 2 aromatic heterocycles. The van der Waals surface area contributed by atoms with Gasteiger partial charge in [-0.25, -0.2) is 4.98 Å². The molecule has 3 aromatic rings. The van der Waals surface area contributed by atoms with E-state index in [0.717, 1.165) is 0 Å². The van der Waals surface area contributed by atoms with E-state index in [1.165, 1.54) is 39.1 Å². The van der Waals surface area contributed by atoms with Crippen molar-refractivity contribution >= 4 is 17.3 Å². The number of carbonyl (C=O) groups excluding carboxylic acids is 2. The summed E-state index contributed by atoms with van der Waals surface area (Å²) >= 11 is 0. The van der Waals surface area contributed by atoms with E-state index in [1.807, 2.05) is 19.0 Å². The van der Waals surface area contributed by atoms with Gasteiger partial charge in [-0.3, -0.25) is 14.4 Å². The van der Waals surface area contributed by atoms with E-state index >= 15 is 0 Å². The van der Waals surface area contributed by atoms with Gasteiger partial charge in [0, 0.05) is 37.8 Å². The average Bonchev–Trinajstić information content (AvgIpc) is 2.93. The molecule has 0 saturated heterocycles. The quantitative estimate of drug-likeness (QED) is 0.482. The number of hydrogen-bond acceptors (Lipinski definition) is 10. The molecule has 4 rings (SSSR count). The van der Waals surface area contributed by atoms with Crippen LogP contribution in [-0.2, 0) is 11.8 Å². The average molecular weight is 535 g/mol. The number of pyridine rings is 2. The van der Waals surface area contributed by atoms with Gasteiger partial charge in [-0.2, -0.15) is 0 Å². The van der Waals surface area contributed by atoms with Gasteiger partial charge in [0.2, 0.25) is 17.3 Å². The normalized spacial score (nSPS) is 12.8. The summed E-state index contributed by atoms with van der Waals surface area (Å²) in [5.74, 6) is -0.172. The molecule has 1 aliphatic rings. The van der Waals surface area contributed by atoms with Crippen molar-refractivity contribution in [3.05, 3.63) is 62.9 Å². The summed E-state index contributed by atoms with van der Waals surface area (Å²) in [6, 6.07) is 6.60. The van der Waals surface area contributed by atoms with E-state index in [2.05, 4.69) is 4.98 Å². The summed E-state index contributed by atoms with van der Waals surface area (Å²) in [5, 5.41) is 0. The second-order valence-corrected chi connectivity index (χ2v) is 9.04. The molecular weight excluding hydrogens is 504 g/mol. The number of fused-ring (bicyclic) bond motifs is 1. The molecule has 1 aromatic carbocycles. The number of hydrogen-bond donors (Lipinski definition) is 1. The van der Waals surface area contributed by atoms with Crippen LogP contribution in [0.2, 0.25) is 0 Å². The van der Waals surface area contributed by atoms with Crippen LogP contribution in [0, 0.1) is 6.92 Å². The van der Waals surface area contributed by atoms with Crippen LogP contribution in [0.3, 0.4) is 0 Å². The Bertz CT molecular complexity index is 1620.